The van der Waals surface area contributed by atoms with Gasteiger partial charge in [-0.1, -0.05) is 31.0 Å². The Labute approximate surface area is 135 Å². The number of benzene rings is 1. The van der Waals surface area contributed by atoms with E-state index in [-0.39, 0.29) is 30.9 Å². The average Bonchev–Trinajstić information content (AvgIpc) is 3.14. The summed E-state index contributed by atoms with van der Waals surface area (Å²) >= 11 is 0. The van der Waals surface area contributed by atoms with Crippen molar-refractivity contribution in [1.29, 1.82) is 0 Å². The van der Waals surface area contributed by atoms with Crippen LogP contribution in [-0.2, 0) is 20.7 Å². The molecule has 0 bridgehead atoms. The Morgan fingerprint density at radius 2 is 2.00 bits per heavy atom. The number of hydrogen-bond donors (Lipinski definition) is 2. The number of nitrogens with one attached hydrogen (secondary N) is 2. The van der Waals surface area contributed by atoms with Gasteiger partial charge in [-0.25, -0.2) is 0 Å². The van der Waals surface area contributed by atoms with Gasteiger partial charge in [0.15, 0.2) is 6.61 Å². The van der Waals surface area contributed by atoms with Crippen LogP contribution in [-0.4, -0.2) is 29.5 Å². The Kier molecular flexibility index (Phi) is 4.65. The van der Waals surface area contributed by atoms with Crippen molar-refractivity contribution in [2.75, 3.05) is 6.61 Å². The van der Waals surface area contributed by atoms with E-state index in [4.69, 9.17) is 4.74 Å². The molecule has 1 aliphatic carbocycles. The van der Waals surface area contributed by atoms with Crippen molar-refractivity contribution in [2.45, 2.75) is 45.1 Å². The molecular weight excluding hydrogens is 292 g/mol. The lowest BCUT2D eigenvalue weighted by molar-refractivity contribution is -0.148. The molecule has 0 spiro atoms. The summed E-state index contributed by atoms with van der Waals surface area (Å²) in [5, 5.41) is 3.94. The first-order valence-corrected chi connectivity index (χ1v) is 8.14. The van der Waals surface area contributed by atoms with Crippen LogP contribution in [0.1, 0.15) is 36.9 Å². The molecule has 1 heterocycles. The third-order valence-corrected chi connectivity index (χ3v) is 4.43. The summed E-state index contributed by atoms with van der Waals surface area (Å²) < 4.78 is 5.13. The second kappa shape index (κ2) is 6.86. The minimum Gasteiger partial charge on any atom is -0.455 e. The quantitative estimate of drug-likeness (QED) is 0.833. The van der Waals surface area contributed by atoms with Crippen LogP contribution in [0.4, 0.5) is 0 Å². The van der Waals surface area contributed by atoms with Gasteiger partial charge >= 0.3 is 5.97 Å². The predicted octanol–water partition coefficient (Wildman–Crippen LogP) is 2.62. The molecule has 1 fully saturated rings. The van der Waals surface area contributed by atoms with Gasteiger partial charge in [-0.2, -0.15) is 0 Å². The molecule has 122 valence electrons. The molecule has 0 atom stereocenters. The number of amides is 1. The topological polar surface area (TPSA) is 71.2 Å². The largest absolute Gasteiger partial charge is 0.455 e. The maximum atomic E-state index is 12.0. The third kappa shape index (κ3) is 3.73. The molecular formula is C18H22N2O3. The molecule has 5 nitrogen and oxygen atoms in total. The Balaban J connectivity index is 1.54. The SMILES string of the molecule is Cc1[nH]c2ccccc2c1CC(=O)OCC(=O)NC1CCCC1. The van der Waals surface area contributed by atoms with Gasteiger partial charge in [0, 0.05) is 22.6 Å². The fourth-order valence-electron chi connectivity index (χ4n) is 3.24. The van der Waals surface area contributed by atoms with E-state index in [1.54, 1.807) is 0 Å². The van der Waals surface area contributed by atoms with Crippen molar-refractivity contribution >= 4 is 22.8 Å². The number of aromatic amines is 1. The van der Waals surface area contributed by atoms with Gasteiger partial charge in [-0.15, -0.1) is 0 Å². The molecule has 1 saturated carbocycles. The van der Waals surface area contributed by atoms with Crippen LogP contribution >= 0.6 is 0 Å². The second-order valence-corrected chi connectivity index (χ2v) is 6.16. The maximum Gasteiger partial charge on any atom is 0.310 e. The first-order chi connectivity index (χ1) is 11.1. The zero-order valence-corrected chi connectivity index (χ0v) is 13.4. The number of aromatic nitrogens is 1. The molecule has 23 heavy (non-hydrogen) atoms. The van der Waals surface area contributed by atoms with E-state index in [0.29, 0.717) is 0 Å². The van der Waals surface area contributed by atoms with E-state index in [2.05, 4.69) is 10.3 Å². The summed E-state index contributed by atoms with van der Waals surface area (Å²) in [7, 11) is 0. The Morgan fingerprint density at radius 1 is 1.26 bits per heavy atom. The van der Waals surface area contributed by atoms with E-state index >= 15 is 0 Å². The summed E-state index contributed by atoms with van der Waals surface area (Å²) in [6.07, 6.45) is 4.53. The van der Waals surface area contributed by atoms with Crippen LogP contribution in [0.25, 0.3) is 10.9 Å². The van der Waals surface area contributed by atoms with Crippen LogP contribution < -0.4 is 5.32 Å². The zero-order valence-electron chi connectivity index (χ0n) is 13.4. The summed E-state index contributed by atoms with van der Waals surface area (Å²) in [6.45, 7) is 1.74. The Hall–Kier alpha value is -2.30. The smallest absolute Gasteiger partial charge is 0.310 e. The van der Waals surface area contributed by atoms with Gasteiger partial charge in [-0.3, -0.25) is 9.59 Å². The van der Waals surface area contributed by atoms with Crippen molar-refractivity contribution in [2.24, 2.45) is 0 Å². The monoisotopic (exact) mass is 314 g/mol. The summed E-state index contributed by atoms with van der Waals surface area (Å²) in [5.41, 5.74) is 2.90. The molecule has 0 unspecified atom stereocenters. The predicted molar refractivity (Wildman–Crippen MR) is 88.1 cm³/mol. The van der Waals surface area contributed by atoms with E-state index in [1.165, 1.54) is 0 Å². The maximum absolute atomic E-state index is 12.0. The minimum atomic E-state index is -0.376. The highest BCUT2D eigenvalue weighted by molar-refractivity contribution is 5.89. The van der Waals surface area contributed by atoms with E-state index in [9.17, 15) is 9.59 Å². The number of fused-ring (bicyclic) bond motifs is 1. The lowest BCUT2D eigenvalue weighted by atomic mass is 10.1. The van der Waals surface area contributed by atoms with Crippen molar-refractivity contribution in [1.82, 2.24) is 10.3 Å². The van der Waals surface area contributed by atoms with E-state index in [0.717, 1.165) is 47.8 Å². The fourth-order valence-corrected chi connectivity index (χ4v) is 3.24. The number of carbonyl (C=O) groups is 2. The molecule has 0 aliphatic heterocycles. The number of aryl methyl sites for hydroxylation is 1. The van der Waals surface area contributed by atoms with Crippen LogP contribution in [0, 0.1) is 6.92 Å². The molecule has 5 heteroatoms. The Morgan fingerprint density at radius 3 is 2.78 bits per heavy atom. The van der Waals surface area contributed by atoms with E-state index in [1.807, 2.05) is 31.2 Å². The summed E-state index contributed by atoms with van der Waals surface area (Å²) in [4.78, 5) is 27.1. The highest BCUT2D eigenvalue weighted by Gasteiger charge is 2.18. The number of para-hydroxylation sites is 1. The van der Waals surface area contributed by atoms with Crippen molar-refractivity contribution in [3.8, 4) is 0 Å². The Bertz CT molecular complexity index is 714. The minimum absolute atomic E-state index is 0.173. The van der Waals surface area contributed by atoms with Crippen molar-refractivity contribution in [3.05, 3.63) is 35.5 Å². The van der Waals surface area contributed by atoms with Gasteiger partial charge in [-0.05, 0) is 31.4 Å². The van der Waals surface area contributed by atoms with Gasteiger partial charge in [0.2, 0.25) is 0 Å². The standard InChI is InChI=1S/C18H22N2O3/c1-12-15(14-8-4-5-9-16(14)19-12)10-18(22)23-11-17(21)20-13-6-2-3-7-13/h4-5,8-9,13,19H,2-3,6-7,10-11H2,1H3,(H,20,21). The van der Waals surface area contributed by atoms with Gasteiger partial charge in [0.1, 0.15) is 0 Å². The number of rotatable bonds is 5. The third-order valence-electron chi connectivity index (χ3n) is 4.43. The van der Waals surface area contributed by atoms with Crippen molar-refractivity contribution in [3.63, 3.8) is 0 Å². The molecule has 3 rings (SSSR count). The normalized spacial score (nSPS) is 15.0. The van der Waals surface area contributed by atoms with Gasteiger partial charge < -0.3 is 15.0 Å². The van der Waals surface area contributed by atoms with Crippen LogP contribution in [0.5, 0.6) is 0 Å². The fraction of sp³-hybridized carbons (Fsp3) is 0.444. The van der Waals surface area contributed by atoms with Crippen LogP contribution in [0.3, 0.4) is 0 Å². The van der Waals surface area contributed by atoms with Gasteiger partial charge in [0.25, 0.3) is 5.91 Å². The summed E-state index contributed by atoms with van der Waals surface area (Å²) in [5.74, 6) is -0.583. The molecule has 0 saturated heterocycles. The van der Waals surface area contributed by atoms with Crippen molar-refractivity contribution < 1.29 is 14.3 Å². The highest BCUT2D eigenvalue weighted by atomic mass is 16.5. The first-order valence-electron chi connectivity index (χ1n) is 8.14. The molecule has 1 aromatic heterocycles. The van der Waals surface area contributed by atoms with E-state index < -0.39 is 0 Å². The molecule has 1 amide bonds. The number of ether oxygens (including phenoxy) is 1. The lowest BCUT2D eigenvalue weighted by Gasteiger charge is -2.12. The number of carbonyl (C=O) groups excluding carboxylic acids is 2. The number of esters is 1. The molecule has 1 aliphatic rings. The summed E-state index contributed by atoms with van der Waals surface area (Å²) in [6, 6.07) is 8.10. The molecule has 2 N–H and O–H groups in total. The lowest BCUT2D eigenvalue weighted by Crippen LogP contribution is -2.36. The van der Waals surface area contributed by atoms with Crippen LogP contribution in [0.2, 0.25) is 0 Å². The zero-order chi connectivity index (χ0) is 16.2. The molecule has 2 aromatic rings. The van der Waals surface area contributed by atoms with Gasteiger partial charge in [0.05, 0.1) is 6.42 Å². The molecule has 0 radical (unpaired) electrons. The number of hydrogen-bond acceptors (Lipinski definition) is 3. The molecule has 1 aromatic carbocycles. The highest BCUT2D eigenvalue weighted by Crippen LogP contribution is 2.22. The second-order valence-electron chi connectivity index (χ2n) is 6.16. The first kappa shape index (κ1) is 15.6. The number of H-pyrrole nitrogens is 1. The average molecular weight is 314 g/mol. The van der Waals surface area contributed by atoms with Crippen LogP contribution in [0.15, 0.2) is 24.3 Å².